The van der Waals surface area contributed by atoms with E-state index in [0.717, 1.165) is 11.3 Å². The number of carbonyl (C=O) groups excluding carboxylic acids is 1. The summed E-state index contributed by atoms with van der Waals surface area (Å²) in [6.07, 6.45) is 3.26. The van der Waals surface area contributed by atoms with Crippen LogP contribution in [0.1, 0.15) is 11.1 Å². The number of pyridine rings is 1. The Morgan fingerprint density at radius 3 is 2.34 bits per heavy atom. The number of benzene rings is 2. The summed E-state index contributed by atoms with van der Waals surface area (Å²) < 4.78 is 0. The fourth-order valence-electron chi connectivity index (χ4n) is 2.47. The Balaban J connectivity index is 0.00000300. The van der Waals surface area contributed by atoms with Crippen LogP contribution in [-0.4, -0.2) is 23.4 Å². The van der Waals surface area contributed by atoms with Crippen LogP contribution in [0.4, 0.5) is 11.4 Å². The average molecular weight is 501 g/mol. The summed E-state index contributed by atoms with van der Waals surface area (Å²) in [4.78, 5) is 20.8. The number of aryl methyl sites for hydroxylation is 1. The number of aromatic nitrogens is 1. The number of nitrogens with zero attached hydrogens (tertiary/aromatic N) is 2. The summed E-state index contributed by atoms with van der Waals surface area (Å²) in [7, 11) is 0. The zero-order valence-corrected chi connectivity index (χ0v) is 18.5. The molecule has 7 heteroatoms. The molecule has 0 fully saturated rings. The van der Waals surface area contributed by atoms with Gasteiger partial charge in [0, 0.05) is 11.9 Å². The molecule has 0 atom stereocenters. The minimum atomic E-state index is -0.175. The van der Waals surface area contributed by atoms with Crippen LogP contribution in [0, 0.1) is 6.92 Å². The molecule has 0 spiro atoms. The van der Waals surface area contributed by atoms with Crippen molar-refractivity contribution in [3.8, 4) is 0 Å². The zero-order chi connectivity index (χ0) is 19.6. The summed E-state index contributed by atoms with van der Waals surface area (Å²) in [5, 5.41) is 9.10. The van der Waals surface area contributed by atoms with Crippen molar-refractivity contribution >= 4 is 47.2 Å². The Kier molecular flexibility index (Phi) is 9.10. The standard InChI is InChI=1S/C22H23N5O.HI/c1-17-9-11-18(12-10-17)14-24-22(27-19-6-3-2-4-7-19)25-16-21(28)26-20-8-5-13-23-15-20;/h2-13,15H,14,16H2,1H3,(H,26,28)(H2,24,25,27);1H. The highest BCUT2D eigenvalue weighted by molar-refractivity contribution is 14.0. The van der Waals surface area contributed by atoms with Crippen molar-refractivity contribution in [2.24, 2.45) is 4.99 Å². The molecule has 0 bridgehead atoms. The third-order valence-electron chi connectivity index (χ3n) is 3.94. The molecule has 3 N–H and O–H groups in total. The number of anilines is 2. The lowest BCUT2D eigenvalue weighted by Crippen LogP contribution is -2.37. The molecule has 0 unspecified atom stereocenters. The fourth-order valence-corrected chi connectivity index (χ4v) is 2.47. The van der Waals surface area contributed by atoms with Gasteiger partial charge in [-0.2, -0.15) is 0 Å². The van der Waals surface area contributed by atoms with Gasteiger partial charge in [0.05, 0.1) is 25.0 Å². The van der Waals surface area contributed by atoms with E-state index < -0.39 is 0 Å². The Bertz CT molecular complexity index is 915. The first-order valence-corrected chi connectivity index (χ1v) is 9.05. The van der Waals surface area contributed by atoms with Crippen molar-refractivity contribution in [1.82, 2.24) is 10.3 Å². The van der Waals surface area contributed by atoms with Gasteiger partial charge in [0.25, 0.3) is 0 Å². The predicted octanol–water partition coefficient (Wildman–Crippen LogP) is 4.20. The molecular formula is C22H24IN5O. The molecule has 3 rings (SSSR count). The monoisotopic (exact) mass is 501 g/mol. The van der Waals surface area contributed by atoms with E-state index in [4.69, 9.17) is 0 Å². The second-order valence-corrected chi connectivity index (χ2v) is 6.28. The van der Waals surface area contributed by atoms with Gasteiger partial charge in [-0.15, -0.1) is 24.0 Å². The van der Waals surface area contributed by atoms with Crippen LogP contribution < -0.4 is 16.0 Å². The van der Waals surface area contributed by atoms with Crippen LogP contribution in [0.2, 0.25) is 0 Å². The van der Waals surface area contributed by atoms with Crippen LogP contribution in [0.3, 0.4) is 0 Å². The number of aliphatic imine (C=N–C) groups is 1. The van der Waals surface area contributed by atoms with Gasteiger partial charge in [0.2, 0.25) is 5.91 Å². The first-order chi connectivity index (χ1) is 13.7. The highest BCUT2D eigenvalue weighted by Gasteiger charge is 2.06. The number of amides is 1. The maximum atomic E-state index is 12.2. The first kappa shape index (κ1) is 22.4. The van der Waals surface area contributed by atoms with Gasteiger partial charge < -0.3 is 16.0 Å². The van der Waals surface area contributed by atoms with E-state index in [1.807, 2.05) is 42.5 Å². The quantitative estimate of drug-likeness (QED) is 0.269. The molecule has 0 aliphatic heterocycles. The van der Waals surface area contributed by atoms with Gasteiger partial charge in [-0.1, -0.05) is 48.0 Å². The maximum Gasteiger partial charge on any atom is 0.243 e. The van der Waals surface area contributed by atoms with E-state index in [-0.39, 0.29) is 36.4 Å². The molecule has 2 aromatic carbocycles. The summed E-state index contributed by atoms with van der Waals surface area (Å²) in [6, 6.07) is 21.5. The molecule has 29 heavy (non-hydrogen) atoms. The van der Waals surface area contributed by atoms with Crippen LogP contribution in [0.5, 0.6) is 0 Å². The lowest BCUT2D eigenvalue weighted by atomic mass is 10.1. The molecule has 6 nitrogen and oxygen atoms in total. The smallest absolute Gasteiger partial charge is 0.243 e. The van der Waals surface area contributed by atoms with Gasteiger partial charge in [-0.25, -0.2) is 4.99 Å². The lowest BCUT2D eigenvalue weighted by Gasteiger charge is -2.13. The first-order valence-electron chi connectivity index (χ1n) is 9.05. The molecule has 1 heterocycles. The number of para-hydroxylation sites is 1. The van der Waals surface area contributed by atoms with Crippen molar-refractivity contribution in [3.63, 3.8) is 0 Å². The second kappa shape index (κ2) is 11.8. The molecule has 1 aromatic heterocycles. The number of carbonyl (C=O) groups is 1. The highest BCUT2D eigenvalue weighted by Crippen LogP contribution is 2.07. The number of hydrogen-bond acceptors (Lipinski definition) is 3. The Hall–Kier alpha value is -2.94. The van der Waals surface area contributed by atoms with Gasteiger partial charge in [0.1, 0.15) is 0 Å². The van der Waals surface area contributed by atoms with Gasteiger partial charge in [-0.3, -0.25) is 9.78 Å². The van der Waals surface area contributed by atoms with Crippen molar-refractivity contribution in [2.75, 3.05) is 17.2 Å². The third-order valence-corrected chi connectivity index (χ3v) is 3.94. The number of nitrogens with one attached hydrogen (secondary N) is 3. The SMILES string of the molecule is Cc1ccc(CN=C(NCC(=O)Nc2cccnc2)Nc2ccccc2)cc1.I. The molecule has 1 amide bonds. The maximum absolute atomic E-state index is 12.2. The van der Waals surface area contributed by atoms with Crippen molar-refractivity contribution in [1.29, 1.82) is 0 Å². The van der Waals surface area contributed by atoms with E-state index in [1.54, 1.807) is 24.5 Å². The van der Waals surface area contributed by atoms with Crippen LogP contribution in [0.25, 0.3) is 0 Å². The normalized spacial score (nSPS) is 10.6. The molecular weight excluding hydrogens is 477 g/mol. The van der Waals surface area contributed by atoms with Crippen molar-refractivity contribution < 1.29 is 4.79 Å². The Labute approximate surface area is 187 Å². The van der Waals surface area contributed by atoms with Crippen LogP contribution in [-0.2, 0) is 11.3 Å². The van der Waals surface area contributed by atoms with Gasteiger partial charge in [0.15, 0.2) is 5.96 Å². The summed E-state index contributed by atoms with van der Waals surface area (Å²) in [5.74, 6) is 0.360. The van der Waals surface area contributed by atoms with Crippen LogP contribution in [0.15, 0.2) is 84.1 Å². The van der Waals surface area contributed by atoms with Crippen LogP contribution >= 0.6 is 24.0 Å². The molecule has 3 aromatic rings. The average Bonchev–Trinajstić information content (AvgIpc) is 2.73. The number of rotatable bonds is 6. The molecule has 0 aliphatic carbocycles. The molecule has 0 radical (unpaired) electrons. The molecule has 0 saturated heterocycles. The Morgan fingerprint density at radius 1 is 0.931 bits per heavy atom. The second-order valence-electron chi connectivity index (χ2n) is 6.28. The van der Waals surface area contributed by atoms with Gasteiger partial charge >= 0.3 is 0 Å². The summed E-state index contributed by atoms with van der Waals surface area (Å²) >= 11 is 0. The molecule has 0 aliphatic rings. The molecule has 0 saturated carbocycles. The molecule has 150 valence electrons. The van der Waals surface area contributed by atoms with E-state index in [0.29, 0.717) is 18.2 Å². The van der Waals surface area contributed by atoms with E-state index >= 15 is 0 Å². The predicted molar refractivity (Wildman–Crippen MR) is 129 cm³/mol. The highest BCUT2D eigenvalue weighted by atomic mass is 127. The van der Waals surface area contributed by atoms with Gasteiger partial charge in [-0.05, 0) is 36.8 Å². The number of hydrogen-bond donors (Lipinski definition) is 3. The van der Waals surface area contributed by atoms with E-state index in [9.17, 15) is 4.79 Å². The minimum Gasteiger partial charge on any atom is -0.347 e. The van der Waals surface area contributed by atoms with Crippen molar-refractivity contribution in [3.05, 3.63) is 90.3 Å². The third kappa shape index (κ3) is 7.90. The zero-order valence-electron chi connectivity index (χ0n) is 16.1. The number of guanidine groups is 1. The Morgan fingerprint density at radius 2 is 1.66 bits per heavy atom. The topological polar surface area (TPSA) is 78.4 Å². The van der Waals surface area contributed by atoms with E-state index in [1.165, 1.54) is 5.56 Å². The fraction of sp³-hybridized carbons (Fsp3) is 0.136. The van der Waals surface area contributed by atoms with E-state index in [2.05, 4.69) is 45.0 Å². The summed E-state index contributed by atoms with van der Waals surface area (Å²) in [5.41, 5.74) is 3.86. The number of halogens is 1. The summed E-state index contributed by atoms with van der Waals surface area (Å²) in [6.45, 7) is 2.64. The largest absolute Gasteiger partial charge is 0.347 e. The lowest BCUT2D eigenvalue weighted by molar-refractivity contribution is -0.115. The van der Waals surface area contributed by atoms with Crippen molar-refractivity contribution in [2.45, 2.75) is 13.5 Å². The minimum absolute atomic E-state index is 0.